The number of hydrogen-bond acceptors (Lipinski definition) is 5. The molecule has 1 amide bonds. The minimum atomic E-state index is 0.0412. The first-order valence-corrected chi connectivity index (χ1v) is 8.83. The second kappa shape index (κ2) is 12.5. The van der Waals surface area contributed by atoms with E-state index in [1.165, 1.54) is 0 Å². The SMILES string of the molecule is CC.CC.CC(C)Oc1ccc(C(=N)c2cc(NC=O)ccc2N)cn1. The van der Waals surface area contributed by atoms with Gasteiger partial charge in [-0.25, -0.2) is 4.98 Å². The summed E-state index contributed by atoms with van der Waals surface area (Å²) in [5.74, 6) is 0.510. The second-order valence-electron chi connectivity index (χ2n) is 4.99. The number of aromatic nitrogens is 1. The van der Waals surface area contributed by atoms with Crippen LogP contribution in [0.1, 0.15) is 52.7 Å². The summed E-state index contributed by atoms with van der Waals surface area (Å²) in [5, 5.41) is 10.8. The molecule has 142 valence electrons. The van der Waals surface area contributed by atoms with E-state index in [2.05, 4.69) is 10.3 Å². The molecule has 1 aromatic heterocycles. The van der Waals surface area contributed by atoms with E-state index in [9.17, 15) is 4.79 Å². The smallest absolute Gasteiger partial charge is 0.213 e. The molecule has 2 aromatic rings. The molecule has 1 aromatic carbocycles. The summed E-state index contributed by atoms with van der Waals surface area (Å²) >= 11 is 0. The standard InChI is InChI=1S/C16H18N4O2.2C2H6/c1-10(2)22-15-6-3-11(8-19-15)16(18)13-7-12(20-9-21)4-5-14(13)17;2*1-2/h3-10,18H,17H2,1-2H3,(H,20,21);2*1-2H3. The molecule has 4 N–H and O–H groups in total. The second-order valence-corrected chi connectivity index (χ2v) is 4.99. The molecule has 0 spiro atoms. The Bertz CT molecular complexity index is 683. The van der Waals surface area contributed by atoms with Gasteiger partial charge in [0.2, 0.25) is 12.3 Å². The maximum absolute atomic E-state index is 10.5. The molecular formula is C20H30N4O2. The highest BCUT2D eigenvalue weighted by atomic mass is 16.5. The van der Waals surface area contributed by atoms with Crippen molar-refractivity contribution in [2.75, 3.05) is 11.1 Å². The van der Waals surface area contributed by atoms with Crippen LogP contribution in [0, 0.1) is 5.41 Å². The molecule has 26 heavy (non-hydrogen) atoms. The van der Waals surface area contributed by atoms with Gasteiger partial charge in [-0.2, -0.15) is 0 Å². The van der Waals surface area contributed by atoms with Crippen LogP contribution in [0.2, 0.25) is 0 Å². The lowest BCUT2D eigenvalue weighted by Gasteiger charge is -2.11. The predicted octanol–water partition coefficient (Wildman–Crippen LogP) is 4.49. The van der Waals surface area contributed by atoms with E-state index >= 15 is 0 Å². The zero-order valence-electron chi connectivity index (χ0n) is 16.5. The van der Waals surface area contributed by atoms with Crippen LogP contribution in [0.15, 0.2) is 36.5 Å². The molecule has 0 saturated heterocycles. The van der Waals surface area contributed by atoms with Crippen molar-refractivity contribution >= 4 is 23.5 Å². The Morgan fingerprint density at radius 2 is 1.85 bits per heavy atom. The normalized spacial score (nSPS) is 9.19. The third-order valence-corrected chi connectivity index (χ3v) is 2.93. The summed E-state index contributed by atoms with van der Waals surface area (Å²) in [4.78, 5) is 14.7. The molecule has 0 aliphatic heterocycles. The van der Waals surface area contributed by atoms with Gasteiger partial charge in [-0.3, -0.25) is 10.2 Å². The average Bonchev–Trinajstić information content (AvgIpc) is 2.66. The van der Waals surface area contributed by atoms with E-state index in [0.29, 0.717) is 34.8 Å². The molecule has 0 saturated carbocycles. The third-order valence-electron chi connectivity index (χ3n) is 2.93. The topological polar surface area (TPSA) is 101 Å². The van der Waals surface area contributed by atoms with Crippen molar-refractivity contribution in [2.45, 2.75) is 47.6 Å². The number of carbonyl (C=O) groups excluding carboxylic acids is 1. The first-order chi connectivity index (χ1) is 12.5. The number of rotatable bonds is 6. The number of amides is 1. The highest BCUT2D eigenvalue weighted by Crippen LogP contribution is 2.21. The fourth-order valence-electron chi connectivity index (χ4n) is 1.93. The minimum absolute atomic E-state index is 0.0412. The highest BCUT2D eigenvalue weighted by molar-refractivity contribution is 6.14. The Labute approximate surface area is 156 Å². The monoisotopic (exact) mass is 358 g/mol. The number of carbonyl (C=O) groups is 1. The summed E-state index contributed by atoms with van der Waals surface area (Å²) in [6.45, 7) is 11.8. The molecule has 0 fully saturated rings. The Hall–Kier alpha value is -2.89. The predicted molar refractivity (Wildman–Crippen MR) is 109 cm³/mol. The highest BCUT2D eigenvalue weighted by Gasteiger charge is 2.10. The number of anilines is 2. The van der Waals surface area contributed by atoms with E-state index in [1.807, 2.05) is 41.5 Å². The molecule has 0 atom stereocenters. The summed E-state index contributed by atoms with van der Waals surface area (Å²) in [6, 6.07) is 8.46. The molecule has 0 aliphatic carbocycles. The van der Waals surface area contributed by atoms with Crippen LogP contribution < -0.4 is 15.8 Å². The quantitative estimate of drug-likeness (QED) is 0.402. The van der Waals surface area contributed by atoms with Gasteiger partial charge in [-0.15, -0.1) is 0 Å². The number of nitrogens with one attached hydrogen (secondary N) is 2. The van der Waals surface area contributed by atoms with Gasteiger partial charge >= 0.3 is 0 Å². The van der Waals surface area contributed by atoms with Crippen LogP contribution in [-0.2, 0) is 4.79 Å². The van der Waals surface area contributed by atoms with Crippen molar-refractivity contribution in [1.82, 2.24) is 4.98 Å². The first kappa shape index (κ1) is 23.1. The van der Waals surface area contributed by atoms with Gasteiger partial charge in [0.25, 0.3) is 0 Å². The summed E-state index contributed by atoms with van der Waals surface area (Å²) in [7, 11) is 0. The number of benzene rings is 1. The lowest BCUT2D eigenvalue weighted by molar-refractivity contribution is -0.105. The molecule has 1 heterocycles. The van der Waals surface area contributed by atoms with E-state index in [4.69, 9.17) is 15.9 Å². The van der Waals surface area contributed by atoms with E-state index in [0.717, 1.165) is 0 Å². The van der Waals surface area contributed by atoms with Crippen LogP contribution in [0.5, 0.6) is 5.88 Å². The Morgan fingerprint density at radius 3 is 2.35 bits per heavy atom. The zero-order chi connectivity index (χ0) is 20.1. The molecule has 0 unspecified atom stereocenters. The van der Waals surface area contributed by atoms with Crippen LogP contribution in [0.4, 0.5) is 11.4 Å². The summed E-state index contributed by atoms with van der Waals surface area (Å²) < 4.78 is 5.47. The number of nitrogens with zero attached hydrogens (tertiary/aromatic N) is 1. The molecule has 0 aliphatic rings. The fraction of sp³-hybridized carbons (Fsp3) is 0.350. The van der Waals surface area contributed by atoms with Crippen molar-refractivity contribution < 1.29 is 9.53 Å². The zero-order valence-corrected chi connectivity index (χ0v) is 16.5. The van der Waals surface area contributed by atoms with Gasteiger partial charge < -0.3 is 15.8 Å². The average molecular weight is 358 g/mol. The van der Waals surface area contributed by atoms with Gasteiger partial charge in [-0.1, -0.05) is 27.7 Å². The van der Waals surface area contributed by atoms with Gasteiger partial charge in [0.05, 0.1) is 11.8 Å². The first-order valence-electron chi connectivity index (χ1n) is 8.83. The molecule has 6 heteroatoms. The summed E-state index contributed by atoms with van der Waals surface area (Å²) in [6.07, 6.45) is 2.19. The number of pyridine rings is 1. The maximum Gasteiger partial charge on any atom is 0.213 e. The van der Waals surface area contributed by atoms with Crippen LogP contribution >= 0.6 is 0 Å². The number of nitrogens with two attached hydrogens (primary N) is 1. The Kier molecular flexibility index (Phi) is 11.1. The third kappa shape index (κ3) is 6.93. The van der Waals surface area contributed by atoms with Crippen LogP contribution in [0.25, 0.3) is 0 Å². The van der Waals surface area contributed by atoms with Crippen molar-refractivity contribution in [3.8, 4) is 5.88 Å². The molecule has 2 rings (SSSR count). The lowest BCUT2D eigenvalue weighted by atomic mass is 10.0. The van der Waals surface area contributed by atoms with E-state index < -0.39 is 0 Å². The van der Waals surface area contributed by atoms with Crippen LogP contribution in [0.3, 0.4) is 0 Å². The van der Waals surface area contributed by atoms with Crippen LogP contribution in [-0.4, -0.2) is 23.2 Å². The van der Waals surface area contributed by atoms with E-state index in [1.54, 1.807) is 36.5 Å². The number of hydrogen-bond donors (Lipinski definition) is 3. The number of nitrogen functional groups attached to an aromatic ring is 1. The molecular weight excluding hydrogens is 328 g/mol. The lowest BCUT2D eigenvalue weighted by Crippen LogP contribution is -2.09. The summed E-state index contributed by atoms with van der Waals surface area (Å²) in [5.41, 5.74) is 8.34. The van der Waals surface area contributed by atoms with Gasteiger partial charge in [0.15, 0.2) is 0 Å². The van der Waals surface area contributed by atoms with Crippen molar-refractivity contribution in [2.24, 2.45) is 0 Å². The van der Waals surface area contributed by atoms with Crippen molar-refractivity contribution in [3.63, 3.8) is 0 Å². The minimum Gasteiger partial charge on any atom is -0.475 e. The van der Waals surface area contributed by atoms with Gasteiger partial charge in [-0.05, 0) is 38.1 Å². The van der Waals surface area contributed by atoms with Gasteiger partial charge in [0, 0.05) is 34.8 Å². The fourth-order valence-corrected chi connectivity index (χ4v) is 1.93. The largest absolute Gasteiger partial charge is 0.475 e. The number of ether oxygens (including phenoxy) is 1. The molecule has 6 nitrogen and oxygen atoms in total. The molecule has 0 bridgehead atoms. The Balaban J connectivity index is 0.00000146. The van der Waals surface area contributed by atoms with Gasteiger partial charge in [0.1, 0.15) is 0 Å². The van der Waals surface area contributed by atoms with E-state index in [-0.39, 0.29) is 11.8 Å². The van der Waals surface area contributed by atoms with Crippen molar-refractivity contribution in [3.05, 3.63) is 47.7 Å². The van der Waals surface area contributed by atoms with Crippen molar-refractivity contribution in [1.29, 1.82) is 5.41 Å². The molecule has 0 radical (unpaired) electrons. The maximum atomic E-state index is 10.5. The Morgan fingerprint density at radius 1 is 1.19 bits per heavy atom.